The molecule has 0 spiro atoms. The number of hydrogen-bond donors (Lipinski definition) is 3. The summed E-state index contributed by atoms with van der Waals surface area (Å²) in [5, 5.41) is 1.09. The van der Waals surface area contributed by atoms with Crippen molar-refractivity contribution in [1.82, 2.24) is 24.1 Å². The molecule has 0 saturated heterocycles. The van der Waals surface area contributed by atoms with E-state index in [1.165, 1.54) is 37.0 Å². The first kappa shape index (κ1) is 20.2. The van der Waals surface area contributed by atoms with Crippen LogP contribution in [0.25, 0.3) is 16.9 Å². The summed E-state index contributed by atoms with van der Waals surface area (Å²) in [7, 11) is 2.79. The van der Waals surface area contributed by atoms with Gasteiger partial charge in [0.25, 0.3) is 5.56 Å². The van der Waals surface area contributed by atoms with Crippen LogP contribution in [0.2, 0.25) is 0 Å². The van der Waals surface area contributed by atoms with E-state index >= 15 is 0 Å². The van der Waals surface area contributed by atoms with E-state index in [0.29, 0.717) is 5.56 Å². The van der Waals surface area contributed by atoms with Crippen LogP contribution in [0.1, 0.15) is 17.0 Å². The van der Waals surface area contributed by atoms with E-state index in [4.69, 9.17) is 11.6 Å². The Labute approximate surface area is 161 Å². The Hall–Kier alpha value is -3.54. The van der Waals surface area contributed by atoms with Crippen LogP contribution in [0.3, 0.4) is 0 Å². The molecule has 0 unspecified atom stereocenters. The topological polar surface area (TPSA) is 128 Å². The standard InChI is InChI=1S/C17H18F3N7O2/c1-25-14-12(15(28)26(2)16(25)29)23-13(24-14)11(21)8-27(22)7-9-4-3-5-10(6-9)17(18,19)20/h3-6,8H,7,21-22H2,1-2H3,(H,23,24)/b11-8-. The minimum atomic E-state index is -4.46. The first-order valence-electron chi connectivity index (χ1n) is 8.30. The Kier molecular flexibility index (Phi) is 4.96. The van der Waals surface area contributed by atoms with Gasteiger partial charge in [0.05, 0.1) is 17.8 Å². The Balaban J connectivity index is 1.90. The second-order valence-corrected chi connectivity index (χ2v) is 6.44. The second-order valence-electron chi connectivity index (χ2n) is 6.44. The fraction of sp³-hybridized carbons (Fsp3) is 0.235. The van der Waals surface area contributed by atoms with Crippen LogP contribution >= 0.6 is 0 Å². The summed E-state index contributed by atoms with van der Waals surface area (Å²) in [6.07, 6.45) is -3.19. The van der Waals surface area contributed by atoms with Gasteiger partial charge < -0.3 is 15.7 Å². The molecule has 2 heterocycles. The molecule has 0 saturated carbocycles. The van der Waals surface area contributed by atoms with Crippen LogP contribution in [0.4, 0.5) is 13.2 Å². The zero-order chi connectivity index (χ0) is 21.5. The van der Waals surface area contributed by atoms with Crippen LogP contribution in [-0.4, -0.2) is 24.1 Å². The number of nitrogens with one attached hydrogen (secondary N) is 1. The Morgan fingerprint density at radius 2 is 1.97 bits per heavy atom. The Morgan fingerprint density at radius 1 is 1.28 bits per heavy atom. The number of nitrogens with zero attached hydrogens (tertiary/aromatic N) is 4. The van der Waals surface area contributed by atoms with Gasteiger partial charge in [-0.05, 0) is 17.7 Å². The van der Waals surface area contributed by atoms with Gasteiger partial charge in [-0.15, -0.1) is 0 Å². The molecule has 3 aromatic rings. The molecule has 5 N–H and O–H groups in total. The summed E-state index contributed by atoms with van der Waals surface area (Å²) in [6, 6.07) is 4.74. The fourth-order valence-corrected chi connectivity index (χ4v) is 2.81. The number of hydrazine groups is 1. The Morgan fingerprint density at radius 3 is 2.62 bits per heavy atom. The number of aryl methyl sites for hydroxylation is 1. The molecule has 2 aromatic heterocycles. The number of rotatable bonds is 4. The van der Waals surface area contributed by atoms with Crippen molar-refractivity contribution in [3.63, 3.8) is 0 Å². The molecule has 9 nitrogen and oxygen atoms in total. The average Bonchev–Trinajstić information content (AvgIpc) is 3.10. The minimum Gasteiger partial charge on any atom is -0.394 e. The molecule has 12 heteroatoms. The second kappa shape index (κ2) is 7.13. The number of fused-ring (bicyclic) bond motifs is 1. The van der Waals surface area contributed by atoms with Crippen molar-refractivity contribution in [3.05, 3.63) is 68.3 Å². The van der Waals surface area contributed by atoms with E-state index in [0.717, 1.165) is 21.7 Å². The van der Waals surface area contributed by atoms with Crippen molar-refractivity contribution in [2.75, 3.05) is 0 Å². The highest BCUT2D eigenvalue weighted by atomic mass is 19.4. The third-order valence-electron chi connectivity index (χ3n) is 4.29. The predicted octanol–water partition coefficient (Wildman–Crippen LogP) is 0.612. The SMILES string of the molecule is Cn1c(=O)c2[nH]c(/C(N)=C/N(N)Cc3cccc(C(F)(F)F)c3)nc2n(C)c1=O. The molecular formula is C17H18F3N7O2. The van der Waals surface area contributed by atoms with Gasteiger partial charge in [-0.25, -0.2) is 15.6 Å². The zero-order valence-electron chi connectivity index (χ0n) is 15.5. The van der Waals surface area contributed by atoms with E-state index in [1.807, 2.05) is 0 Å². The summed E-state index contributed by atoms with van der Waals surface area (Å²) in [5.41, 5.74) is 4.62. The lowest BCUT2D eigenvalue weighted by Gasteiger charge is -2.16. The third kappa shape index (κ3) is 3.87. The van der Waals surface area contributed by atoms with E-state index in [2.05, 4.69) is 9.97 Å². The van der Waals surface area contributed by atoms with Crippen molar-refractivity contribution in [2.24, 2.45) is 25.7 Å². The number of H-pyrrole nitrogens is 1. The molecule has 0 amide bonds. The molecule has 0 radical (unpaired) electrons. The lowest BCUT2D eigenvalue weighted by molar-refractivity contribution is -0.137. The minimum absolute atomic E-state index is 0.0326. The lowest BCUT2D eigenvalue weighted by Crippen LogP contribution is -2.36. The molecule has 3 rings (SSSR count). The first-order valence-corrected chi connectivity index (χ1v) is 8.30. The highest BCUT2D eigenvalue weighted by molar-refractivity contribution is 5.74. The molecule has 0 aliphatic carbocycles. The number of aromatic nitrogens is 4. The van der Waals surface area contributed by atoms with Gasteiger partial charge in [0, 0.05) is 20.3 Å². The van der Waals surface area contributed by atoms with Gasteiger partial charge in [0.2, 0.25) is 0 Å². The maximum Gasteiger partial charge on any atom is 0.416 e. The molecule has 0 bridgehead atoms. The number of halogens is 3. The van der Waals surface area contributed by atoms with Crippen molar-refractivity contribution >= 4 is 16.9 Å². The fourth-order valence-electron chi connectivity index (χ4n) is 2.81. The molecule has 0 fully saturated rings. The summed E-state index contributed by atoms with van der Waals surface area (Å²) >= 11 is 0. The van der Waals surface area contributed by atoms with Gasteiger partial charge in [0.15, 0.2) is 11.5 Å². The number of aromatic amines is 1. The monoisotopic (exact) mass is 409 g/mol. The number of hydrogen-bond acceptors (Lipinski definition) is 6. The van der Waals surface area contributed by atoms with Gasteiger partial charge >= 0.3 is 11.9 Å². The number of imidazole rings is 1. The molecule has 0 aliphatic rings. The Bertz CT molecular complexity index is 1220. The van der Waals surface area contributed by atoms with Crippen molar-refractivity contribution < 1.29 is 13.2 Å². The zero-order valence-corrected chi connectivity index (χ0v) is 15.5. The number of alkyl halides is 3. The summed E-state index contributed by atoms with van der Waals surface area (Å²) < 4.78 is 40.6. The largest absolute Gasteiger partial charge is 0.416 e. The molecule has 0 aliphatic heterocycles. The molecule has 154 valence electrons. The lowest BCUT2D eigenvalue weighted by atomic mass is 10.1. The quantitative estimate of drug-likeness (QED) is 0.428. The van der Waals surface area contributed by atoms with Crippen LogP contribution in [0.5, 0.6) is 0 Å². The van der Waals surface area contributed by atoms with Gasteiger partial charge in [0.1, 0.15) is 5.52 Å². The maximum atomic E-state index is 12.8. The molecule has 29 heavy (non-hydrogen) atoms. The van der Waals surface area contributed by atoms with E-state index in [-0.39, 0.29) is 29.2 Å². The van der Waals surface area contributed by atoms with Gasteiger partial charge in [-0.1, -0.05) is 12.1 Å². The highest BCUT2D eigenvalue weighted by Crippen LogP contribution is 2.29. The third-order valence-corrected chi connectivity index (χ3v) is 4.29. The first-order chi connectivity index (χ1) is 13.5. The predicted molar refractivity (Wildman–Crippen MR) is 99.9 cm³/mol. The van der Waals surface area contributed by atoms with Gasteiger partial charge in [-0.3, -0.25) is 13.9 Å². The van der Waals surface area contributed by atoms with Gasteiger partial charge in [-0.2, -0.15) is 13.2 Å². The smallest absolute Gasteiger partial charge is 0.394 e. The van der Waals surface area contributed by atoms with E-state index in [1.54, 1.807) is 0 Å². The van der Waals surface area contributed by atoms with Crippen molar-refractivity contribution in [3.8, 4) is 0 Å². The van der Waals surface area contributed by atoms with Crippen LogP contribution < -0.4 is 22.8 Å². The molecule has 0 atom stereocenters. The summed E-state index contributed by atoms with van der Waals surface area (Å²) in [6.45, 7) is -0.0505. The van der Waals surface area contributed by atoms with E-state index in [9.17, 15) is 22.8 Å². The van der Waals surface area contributed by atoms with Crippen LogP contribution in [0.15, 0.2) is 40.1 Å². The van der Waals surface area contributed by atoms with Crippen molar-refractivity contribution in [2.45, 2.75) is 12.7 Å². The van der Waals surface area contributed by atoms with Crippen molar-refractivity contribution in [1.29, 1.82) is 0 Å². The molecule has 1 aromatic carbocycles. The van der Waals surface area contributed by atoms with E-state index < -0.39 is 23.0 Å². The average molecular weight is 409 g/mol. The van der Waals surface area contributed by atoms with Crippen LogP contribution in [0, 0.1) is 0 Å². The number of nitrogens with two attached hydrogens (primary N) is 2. The number of benzene rings is 1. The van der Waals surface area contributed by atoms with Crippen LogP contribution in [-0.2, 0) is 26.8 Å². The normalized spacial score (nSPS) is 12.6. The summed E-state index contributed by atoms with van der Waals surface area (Å²) in [4.78, 5) is 31.1. The maximum absolute atomic E-state index is 12.8. The highest BCUT2D eigenvalue weighted by Gasteiger charge is 2.30. The molecular weight excluding hydrogens is 391 g/mol. The summed E-state index contributed by atoms with van der Waals surface area (Å²) in [5.74, 6) is 5.93.